The monoisotopic (exact) mass is 438 g/mol. The van der Waals surface area contributed by atoms with Gasteiger partial charge in [0.05, 0.1) is 7.11 Å². The van der Waals surface area contributed by atoms with Crippen LogP contribution < -0.4 is 5.32 Å². The highest BCUT2D eigenvalue weighted by Gasteiger charge is 2.26. The van der Waals surface area contributed by atoms with Crippen molar-refractivity contribution in [2.24, 2.45) is 5.92 Å². The molecule has 0 aliphatic carbocycles. The Morgan fingerprint density at radius 1 is 1.26 bits per heavy atom. The largest absolute Gasteiger partial charge is 0.467 e. The number of hydrogen-bond donors (Lipinski definition) is 2. The van der Waals surface area contributed by atoms with Crippen molar-refractivity contribution in [3.8, 4) is 0 Å². The maximum atomic E-state index is 12.4. The Hall–Kier alpha value is -1.86. The van der Waals surface area contributed by atoms with Crippen molar-refractivity contribution in [2.45, 2.75) is 45.8 Å². The van der Waals surface area contributed by atoms with E-state index in [0.29, 0.717) is 18.9 Å². The molecule has 0 bridgehead atoms. The predicted molar refractivity (Wildman–Crippen MR) is 109 cm³/mol. The fourth-order valence-corrected chi connectivity index (χ4v) is 3.08. The molecule has 0 saturated heterocycles. The highest BCUT2D eigenvalue weighted by atomic mass is 79.9. The van der Waals surface area contributed by atoms with Crippen molar-refractivity contribution >= 4 is 38.7 Å². The smallest absolute Gasteiger partial charge is 0.328 e. The molecule has 0 aliphatic heterocycles. The van der Waals surface area contributed by atoms with Crippen molar-refractivity contribution in [3.05, 3.63) is 34.4 Å². The van der Waals surface area contributed by atoms with Gasteiger partial charge in [-0.2, -0.15) is 0 Å². The molecule has 1 heterocycles. The maximum Gasteiger partial charge on any atom is 0.328 e. The van der Waals surface area contributed by atoms with Gasteiger partial charge < -0.3 is 19.8 Å². The molecular formula is C20H27BrN2O4. The van der Waals surface area contributed by atoms with Gasteiger partial charge in [-0.1, -0.05) is 29.8 Å². The molecule has 27 heavy (non-hydrogen) atoms. The van der Waals surface area contributed by atoms with Crippen LogP contribution in [0.4, 0.5) is 0 Å². The number of aromatic nitrogens is 1. The van der Waals surface area contributed by atoms with Gasteiger partial charge >= 0.3 is 5.97 Å². The quantitative estimate of drug-likeness (QED) is 0.586. The molecular weight excluding hydrogens is 412 g/mol. The standard InChI is InChI=1S/C20H27BrN2O4/c1-12(2)7-8-27-13(3)19(24)23-18(20(25)26-4)9-14-11-22-17-6-5-15(21)10-16(14)17/h5-6,10-13,18,22H,7-9H2,1-4H3,(H,23,24)/t13-,18-/m1/s1. The van der Waals surface area contributed by atoms with Crippen molar-refractivity contribution in [1.82, 2.24) is 10.3 Å². The number of rotatable bonds is 9. The van der Waals surface area contributed by atoms with Gasteiger partial charge in [0.1, 0.15) is 12.1 Å². The van der Waals surface area contributed by atoms with Gasteiger partial charge in [-0.3, -0.25) is 4.79 Å². The van der Waals surface area contributed by atoms with E-state index in [1.807, 2.05) is 24.4 Å². The number of carbonyl (C=O) groups is 2. The molecule has 6 nitrogen and oxygen atoms in total. The first kappa shape index (κ1) is 21.4. The molecule has 0 saturated carbocycles. The van der Waals surface area contributed by atoms with E-state index in [0.717, 1.165) is 27.4 Å². The Morgan fingerprint density at radius 2 is 2.00 bits per heavy atom. The molecule has 1 amide bonds. The van der Waals surface area contributed by atoms with Crippen molar-refractivity contribution in [2.75, 3.05) is 13.7 Å². The lowest BCUT2D eigenvalue weighted by molar-refractivity contribution is -0.146. The molecule has 0 aliphatic rings. The summed E-state index contributed by atoms with van der Waals surface area (Å²) in [5.41, 5.74) is 1.89. The number of halogens is 1. The zero-order valence-electron chi connectivity index (χ0n) is 16.2. The SMILES string of the molecule is COC(=O)[C@@H](Cc1c[nH]c2ccc(Br)cc12)NC(=O)[C@@H](C)OCCC(C)C. The number of ether oxygens (including phenoxy) is 2. The summed E-state index contributed by atoms with van der Waals surface area (Å²) in [4.78, 5) is 27.8. The van der Waals surface area contributed by atoms with Gasteiger partial charge in [0.15, 0.2) is 0 Å². The molecule has 2 rings (SSSR count). The molecule has 2 N–H and O–H groups in total. The summed E-state index contributed by atoms with van der Waals surface area (Å²) >= 11 is 3.46. The first-order valence-electron chi connectivity index (χ1n) is 9.07. The van der Waals surface area contributed by atoms with E-state index in [9.17, 15) is 9.59 Å². The Bertz CT molecular complexity index is 787. The second-order valence-corrected chi connectivity index (χ2v) is 7.90. The van der Waals surface area contributed by atoms with Gasteiger partial charge in [0, 0.05) is 34.6 Å². The second kappa shape index (κ2) is 9.90. The highest BCUT2D eigenvalue weighted by Crippen LogP contribution is 2.24. The summed E-state index contributed by atoms with van der Waals surface area (Å²) in [6, 6.07) is 5.10. The molecule has 2 aromatic rings. The number of fused-ring (bicyclic) bond motifs is 1. The predicted octanol–water partition coefficient (Wildman–Crippen LogP) is 3.58. The molecule has 0 unspecified atom stereocenters. The number of esters is 1. The molecule has 2 atom stereocenters. The van der Waals surface area contributed by atoms with Crippen molar-refractivity contribution < 1.29 is 19.1 Å². The van der Waals surface area contributed by atoms with Crippen LogP contribution in [0, 0.1) is 5.92 Å². The minimum absolute atomic E-state index is 0.324. The highest BCUT2D eigenvalue weighted by molar-refractivity contribution is 9.10. The Morgan fingerprint density at radius 3 is 2.67 bits per heavy atom. The van der Waals surface area contributed by atoms with Gasteiger partial charge in [-0.25, -0.2) is 4.79 Å². The topological polar surface area (TPSA) is 80.4 Å². The third-order valence-electron chi connectivity index (χ3n) is 4.39. The molecule has 0 spiro atoms. The van der Waals surface area contributed by atoms with Crippen LogP contribution in [-0.2, 0) is 25.5 Å². The van der Waals surface area contributed by atoms with E-state index >= 15 is 0 Å². The van der Waals surface area contributed by atoms with Crippen molar-refractivity contribution in [3.63, 3.8) is 0 Å². The van der Waals surface area contributed by atoms with Crippen LogP contribution in [0.25, 0.3) is 10.9 Å². The van der Waals surface area contributed by atoms with Crippen LogP contribution >= 0.6 is 15.9 Å². The van der Waals surface area contributed by atoms with Crippen LogP contribution in [-0.4, -0.2) is 42.7 Å². The van der Waals surface area contributed by atoms with E-state index in [1.165, 1.54) is 7.11 Å². The zero-order valence-corrected chi connectivity index (χ0v) is 17.8. The van der Waals surface area contributed by atoms with E-state index in [1.54, 1.807) is 6.92 Å². The van der Waals surface area contributed by atoms with Crippen LogP contribution in [0.1, 0.15) is 32.8 Å². The van der Waals surface area contributed by atoms with Crippen LogP contribution in [0.15, 0.2) is 28.9 Å². The Labute approximate surface area is 168 Å². The van der Waals surface area contributed by atoms with Crippen LogP contribution in [0.3, 0.4) is 0 Å². The second-order valence-electron chi connectivity index (χ2n) is 6.99. The van der Waals surface area contributed by atoms with Gasteiger partial charge in [-0.05, 0) is 43.0 Å². The first-order chi connectivity index (χ1) is 12.8. The number of carbonyl (C=O) groups excluding carboxylic acids is 2. The first-order valence-corrected chi connectivity index (χ1v) is 9.86. The summed E-state index contributed by atoms with van der Waals surface area (Å²) in [5.74, 6) is -0.304. The Kier molecular flexibility index (Phi) is 7.86. The molecule has 148 valence electrons. The molecule has 1 aromatic carbocycles. The van der Waals surface area contributed by atoms with Gasteiger partial charge in [-0.15, -0.1) is 0 Å². The van der Waals surface area contributed by atoms with E-state index < -0.39 is 18.1 Å². The average Bonchev–Trinajstić information content (AvgIpc) is 3.01. The molecule has 0 radical (unpaired) electrons. The summed E-state index contributed by atoms with van der Waals surface area (Å²) in [6.45, 7) is 6.39. The number of nitrogens with one attached hydrogen (secondary N) is 2. The number of methoxy groups -OCH3 is 1. The van der Waals surface area contributed by atoms with E-state index in [-0.39, 0.29) is 5.91 Å². The number of benzene rings is 1. The lowest BCUT2D eigenvalue weighted by atomic mass is 10.0. The lowest BCUT2D eigenvalue weighted by Crippen LogP contribution is -2.47. The van der Waals surface area contributed by atoms with Crippen LogP contribution in [0.2, 0.25) is 0 Å². The van der Waals surface area contributed by atoms with E-state index in [2.05, 4.69) is 40.1 Å². The normalized spacial score (nSPS) is 13.6. The summed E-state index contributed by atoms with van der Waals surface area (Å²) in [5, 5.41) is 3.75. The minimum atomic E-state index is -0.781. The number of amides is 1. The summed E-state index contributed by atoms with van der Waals surface area (Å²) in [7, 11) is 1.32. The third-order valence-corrected chi connectivity index (χ3v) is 4.88. The summed E-state index contributed by atoms with van der Waals surface area (Å²) in [6.07, 6.45) is 2.42. The molecule has 1 aromatic heterocycles. The number of H-pyrrole nitrogens is 1. The van der Waals surface area contributed by atoms with Gasteiger partial charge in [0.25, 0.3) is 0 Å². The molecule has 7 heteroatoms. The lowest BCUT2D eigenvalue weighted by Gasteiger charge is -2.20. The maximum absolute atomic E-state index is 12.4. The fraction of sp³-hybridized carbons (Fsp3) is 0.500. The van der Waals surface area contributed by atoms with Crippen molar-refractivity contribution in [1.29, 1.82) is 0 Å². The number of hydrogen-bond acceptors (Lipinski definition) is 4. The van der Waals surface area contributed by atoms with E-state index in [4.69, 9.17) is 9.47 Å². The summed E-state index contributed by atoms with van der Waals surface area (Å²) < 4.78 is 11.4. The zero-order chi connectivity index (χ0) is 20.0. The molecule has 0 fully saturated rings. The fourth-order valence-electron chi connectivity index (χ4n) is 2.72. The Balaban J connectivity index is 2.07. The minimum Gasteiger partial charge on any atom is -0.467 e. The third kappa shape index (κ3) is 6.07. The van der Waals surface area contributed by atoms with Crippen LogP contribution in [0.5, 0.6) is 0 Å². The van der Waals surface area contributed by atoms with Gasteiger partial charge in [0.2, 0.25) is 5.91 Å². The number of aromatic amines is 1. The average molecular weight is 439 g/mol.